The maximum atomic E-state index is 12.3. The van der Waals surface area contributed by atoms with Crippen LogP contribution in [-0.4, -0.2) is 29.5 Å². The van der Waals surface area contributed by atoms with Gasteiger partial charge >= 0.3 is 0 Å². The maximum absolute atomic E-state index is 12.3. The van der Waals surface area contributed by atoms with E-state index >= 15 is 0 Å². The molecule has 4 heteroatoms. The first-order valence-electron chi connectivity index (χ1n) is 6.82. The molecule has 0 unspecified atom stereocenters. The van der Waals surface area contributed by atoms with Crippen molar-refractivity contribution in [3.63, 3.8) is 0 Å². The number of halogens is 1. The smallest absolute Gasteiger partial charge is 0.257 e. The molecular weight excluding hydrogens is 262 g/mol. The summed E-state index contributed by atoms with van der Waals surface area (Å²) < 4.78 is 0. The van der Waals surface area contributed by atoms with E-state index in [4.69, 9.17) is 11.6 Å². The summed E-state index contributed by atoms with van der Waals surface area (Å²) in [6.07, 6.45) is 6.21. The van der Waals surface area contributed by atoms with Gasteiger partial charge in [0.05, 0.1) is 5.56 Å². The molecule has 1 N–H and O–H groups in total. The van der Waals surface area contributed by atoms with Crippen molar-refractivity contribution in [1.29, 1.82) is 0 Å². The lowest BCUT2D eigenvalue weighted by Crippen LogP contribution is -2.32. The Labute approximate surface area is 119 Å². The van der Waals surface area contributed by atoms with Gasteiger partial charge in [0.1, 0.15) is 5.75 Å². The summed E-state index contributed by atoms with van der Waals surface area (Å²) in [4.78, 5) is 14.0. The molecule has 0 bridgehead atoms. The minimum absolute atomic E-state index is 0.00936. The van der Waals surface area contributed by atoms with Crippen molar-refractivity contribution >= 4 is 17.5 Å². The third-order valence-corrected chi connectivity index (χ3v) is 4.03. The van der Waals surface area contributed by atoms with Crippen LogP contribution in [0, 0.1) is 5.92 Å². The Kier molecular flexibility index (Phi) is 4.70. The Morgan fingerprint density at radius 3 is 2.74 bits per heavy atom. The van der Waals surface area contributed by atoms with Crippen LogP contribution in [0.2, 0.25) is 5.02 Å². The van der Waals surface area contributed by atoms with Crippen molar-refractivity contribution in [2.24, 2.45) is 5.92 Å². The lowest BCUT2D eigenvalue weighted by Gasteiger charge is -2.27. The number of hydrogen-bond acceptors (Lipinski definition) is 2. The van der Waals surface area contributed by atoms with E-state index in [2.05, 4.69) is 0 Å². The summed E-state index contributed by atoms with van der Waals surface area (Å²) in [6.45, 7) is 0.755. The fraction of sp³-hybridized carbons (Fsp3) is 0.533. The fourth-order valence-electron chi connectivity index (χ4n) is 2.73. The Hall–Kier alpha value is -1.22. The van der Waals surface area contributed by atoms with Crippen molar-refractivity contribution in [3.8, 4) is 5.75 Å². The second-order valence-electron chi connectivity index (χ2n) is 5.35. The first-order chi connectivity index (χ1) is 9.08. The van der Waals surface area contributed by atoms with E-state index in [1.807, 2.05) is 0 Å². The number of benzene rings is 1. The van der Waals surface area contributed by atoms with Gasteiger partial charge in [0.25, 0.3) is 5.91 Å². The molecule has 1 aromatic carbocycles. The third kappa shape index (κ3) is 3.63. The normalized spacial score (nSPS) is 16.3. The van der Waals surface area contributed by atoms with E-state index in [1.165, 1.54) is 44.2 Å². The number of phenolic OH excluding ortho intramolecular Hbond substituents is 1. The highest BCUT2D eigenvalue weighted by Crippen LogP contribution is 2.26. The molecule has 0 saturated heterocycles. The van der Waals surface area contributed by atoms with Gasteiger partial charge in [-0.2, -0.15) is 0 Å². The average Bonchev–Trinajstić information content (AvgIpc) is 2.42. The monoisotopic (exact) mass is 281 g/mol. The quantitative estimate of drug-likeness (QED) is 0.918. The van der Waals surface area contributed by atoms with Crippen molar-refractivity contribution in [1.82, 2.24) is 4.90 Å². The van der Waals surface area contributed by atoms with Gasteiger partial charge in [-0.1, -0.05) is 30.9 Å². The van der Waals surface area contributed by atoms with Crippen LogP contribution in [0.5, 0.6) is 5.75 Å². The van der Waals surface area contributed by atoms with Crippen LogP contribution in [-0.2, 0) is 0 Å². The van der Waals surface area contributed by atoms with Gasteiger partial charge in [-0.05, 0) is 37.0 Å². The fourth-order valence-corrected chi connectivity index (χ4v) is 2.90. The molecule has 0 aromatic heterocycles. The molecule has 19 heavy (non-hydrogen) atoms. The van der Waals surface area contributed by atoms with E-state index in [0.29, 0.717) is 10.9 Å². The standard InChI is InChI=1S/C15H20ClNO2/c1-17(10-11-5-3-2-4-6-11)15(19)13-9-12(16)7-8-14(13)18/h7-9,11,18H,2-6,10H2,1H3. The van der Waals surface area contributed by atoms with E-state index < -0.39 is 0 Å². The second-order valence-corrected chi connectivity index (χ2v) is 5.79. The topological polar surface area (TPSA) is 40.5 Å². The van der Waals surface area contributed by atoms with Gasteiger partial charge in [-0.25, -0.2) is 0 Å². The summed E-state index contributed by atoms with van der Waals surface area (Å²) in [7, 11) is 1.79. The minimum atomic E-state index is -0.162. The van der Waals surface area contributed by atoms with Gasteiger partial charge in [0.15, 0.2) is 0 Å². The maximum Gasteiger partial charge on any atom is 0.257 e. The predicted octanol–water partition coefficient (Wildman–Crippen LogP) is 3.70. The molecule has 0 heterocycles. The van der Waals surface area contributed by atoms with Crippen molar-refractivity contribution < 1.29 is 9.90 Å². The molecular formula is C15H20ClNO2. The van der Waals surface area contributed by atoms with Crippen LogP contribution in [0.15, 0.2) is 18.2 Å². The highest BCUT2D eigenvalue weighted by Gasteiger charge is 2.21. The van der Waals surface area contributed by atoms with Crippen LogP contribution in [0.3, 0.4) is 0 Å². The average molecular weight is 282 g/mol. The third-order valence-electron chi connectivity index (χ3n) is 3.79. The summed E-state index contributed by atoms with van der Waals surface area (Å²) in [5.41, 5.74) is 0.283. The zero-order chi connectivity index (χ0) is 13.8. The largest absolute Gasteiger partial charge is 0.507 e. The molecule has 1 amide bonds. The zero-order valence-electron chi connectivity index (χ0n) is 11.2. The lowest BCUT2D eigenvalue weighted by atomic mass is 9.89. The summed E-state index contributed by atoms with van der Waals surface area (Å²) in [5.74, 6) is 0.416. The number of aromatic hydroxyl groups is 1. The Balaban J connectivity index is 2.03. The summed E-state index contributed by atoms with van der Waals surface area (Å²) >= 11 is 5.88. The number of rotatable bonds is 3. The highest BCUT2D eigenvalue weighted by atomic mass is 35.5. The van der Waals surface area contributed by atoms with Gasteiger partial charge in [0, 0.05) is 18.6 Å². The highest BCUT2D eigenvalue weighted by molar-refractivity contribution is 6.31. The number of hydrogen-bond donors (Lipinski definition) is 1. The summed E-state index contributed by atoms with van der Waals surface area (Å²) in [6, 6.07) is 4.56. The van der Waals surface area contributed by atoms with Crippen molar-refractivity contribution in [3.05, 3.63) is 28.8 Å². The molecule has 0 radical (unpaired) electrons. The number of nitrogens with zero attached hydrogens (tertiary/aromatic N) is 1. The van der Waals surface area contributed by atoms with Crippen molar-refractivity contribution in [2.45, 2.75) is 32.1 Å². The predicted molar refractivity (Wildman–Crippen MR) is 76.7 cm³/mol. The number of carbonyl (C=O) groups excluding carboxylic acids is 1. The van der Waals surface area contributed by atoms with Crippen LogP contribution in [0.4, 0.5) is 0 Å². The van der Waals surface area contributed by atoms with E-state index in [1.54, 1.807) is 18.0 Å². The molecule has 0 spiro atoms. The van der Waals surface area contributed by atoms with Gasteiger partial charge in [0.2, 0.25) is 0 Å². The van der Waals surface area contributed by atoms with Gasteiger partial charge in [-0.15, -0.1) is 0 Å². The van der Waals surface area contributed by atoms with E-state index in [-0.39, 0.29) is 17.2 Å². The SMILES string of the molecule is CN(CC1CCCCC1)C(=O)c1cc(Cl)ccc1O. The van der Waals surface area contributed by atoms with Crippen LogP contribution in [0.1, 0.15) is 42.5 Å². The van der Waals surface area contributed by atoms with Crippen LogP contribution < -0.4 is 0 Å². The molecule has 1 aromatic rings. The molecule has 1 aliphatic carbocycles. The molecule has 1 aliphatic rings. The molecule has 104 valence electrons. The molecule has 1 fully saturated rings. The van der Waals surface area contributed by atoms with E-state index in [0.717, 1.165) is 6.54 Å². The Bertz CT molecular complexity index is 455. The van der Waals surface area contributed by atoms with Crippen molar-refractivity contribution in [2.75, 3.05) is 13.6 Å². The molecule has 0 aliphatic heterocycles. The first-order valence-corrected chi connectivity index (χ1v) is 7.19. The van der Waals surface area contributed by atoms with Gasteiger partial charge < -0.3 is 10.0 Å². The van der Waals surface area contributed by atoms with Gasteiger partial charge in [-0.3, -0.25) is 4.79 Å². The summed E-state index contributed by atoms with van der Waals surface area (Å²) in [5, 5.41) is 10.2. The number of amides is 1. The first kappa shape index (κ1) is 14.2. The number of phenols is 1. The molecule has 3 nitrogen and oxygen atoms in total. The van der Waals surface area contributed by atoms with Crippen LogP contribution in [0.25, 0.3) is 0 Å². The number of carbonyl (C=O) groups is 1. The minimum Gasteiger partial charge on any atom is -0.507 e. The molecule has 0 atom stereocenters. The zero-order valence-corrected chi connectivity index (χ0v) is 12.0. The van der Waals surface area contributed by atoms with E-state index in [9.17, 15) is 9.90 Å². The Morgan fingerprint density at radius 1 is 1.37 bits per heavy atom. The second kappa shape index (κ2) is 6.29. The molecule has 2 rings (SSSR count). The molecule has 1 saturated carbocycles. The van der Waals surface area contributed by atoms with Crippen LogP contribution >= 0.6 is 11.6 Å². The lowest BCUT2D eigenvalue weighted by molar-refractivity contribution is 0.0757. The Morgan fingerprint density at radius 2 is 2.05 bits per heavy atom.